The van der Waals surface area contributed by atoms with Crippen LogP contribution in [-0.4, -0.2) is 12.7 Å². The molecule has 4 unspecified atom stereocenters. The van der Waals surface area contributed by atoms with Gasteiger partial charge in [-0.05, 0) is 100.0 Å². The van der Waals surface area contributed by atoms with Crippen molar-refractivity contribution >= 4 is 0 Å². The summed E-state index contributed by atoms with van der Waals surface area (Å²) < 4.78 is 62.7. The molecule has 1 nitrogen and oxygen atoms in total. The molecule has 2 aliphatic rings. The topological polar surface area (TPSA) is 9.23 Å². The number of hydrogen-bond donors (Lipinski definition) is 0. The van der Waals surface area contributed by atoms with E-state index in [9.17, 15) is 17.6 Å². The van der Waals surface area contributed by atoms with Gasteiger partial charge in [-0.15, -0.1) is 0 Å². The Labute approximate surface area is 187 Å². The van der Waals surface area contributed by atoms with Gasteiger partial charge in [0, 0.05) is 17.7 Å². The monoisotopic (exact) mass is 444 g/mol. The Morgan fingerprint density at radius 3 is 2.09 bits per heavy atom. The lowest BCUT2D eigenvalue weighted by Gasteiger charge is -2.42. The van der Waals surface area contributed by atoms with Crippen LogP contribution >= 0.6 is 0 Å². The third kappa shape index (κ3) is 4.86. The predicted molar refractivity (Wildman–Crippen MR) is 116 cm³/mol. The van der Waals surface area contributed by atoms with E-state index in [1.807, 2.05) is 6.92 Å². The molecule has 2 fully saturated rings. The van der Waals surface area contributed by atoms with Gasteiger partial charge in [0.2, 0.25) is 0 Å². The highest BCUT2D eigenvalue weighted by Crippen LogP contribution is 2.46. The number of rotatable bonds is 3. The van der Waals surface area contributed by atoms with Crippen molar-refractivity contribution in [3.05, 3.63) is 69.8 Å². The van der Waals surface area contributed by atoms with E-state index in [1.54, 1.807) is 0 Å². The van der Waals surface area contributed by atoms with Crippen molar-refractivity contribution in [2.45, 2.75) is 64.4 Å². The lowest BCUT2D eigenvalue weighted by Crippen LogP contribution is -2.33. The van der Waals surface area contributed by atoms with Crippen LogP contribution in [0.5, 0.6) is 0 Å². The van der Waals surface area contributed by atoms with Crippen LogP contribution in [0.25, 0.3) is 0 Å². The molecule has 4 rings (SSSR count). The van der Waals surface area contributed by atoms with Crippen molar-refractivity contribution in [1.82, 2.24) is 0 Å². The second kappa shape index (κ2) is 9.67. The zero-order chi connectivity index (χ0) is 22.8. The Bertz CT molecular complexity index is 1010. The minimum Gasteiger partial charge on any atom is -0.378 e. The van der Waals surface area contributed by atoms with Gasteiger partial charge in [0.25, 0.3) is 0 Å². The molecule has 4 atom stereocenters. The van der Waals surface area contributed by atoms with E-state index < -0.39 is 23.3 Å². The summed E-state index contributed by atoms with van der Waals surface area (Å²) in [4.78, 5) is 0. The van der Waals surface area contributed by atoms with E-state index in [4.69, 9.17) is 4.74 Å². The Balaban J connectivity index is 1.50. The molecule has 0 radical (unpaired) electrons. The summed E-state index contributed by atoms with van der Waals surface area (Å²) >= 11 is 0. The lowest BCUT2D eigenvalue weighted by atomic mass is 9.65. The van der Waals surface area contributed by atoms with Crippen molar-refractivity contribution in [2.75, 3.05) is 6.61 Å². The van der Waals surface area contributed by atoms with Gasteiger partial charge in [0.1, 0.15) is 23.3 Å². The number of benzene rings is 2. The maximum absolute atomic E-state index is 14.8. The minimum atomic E-state index is -0.739. The largest absolute Gasteiger partial charge is 0.378 e. The van der Waals surface area contributed by atoms with E-state index in [0.29, 0.717) is 23.5 Å². The molecule has 0 heterocycles. The van der Waals surface area contributed by atoms with E-state index in [0.717, 1.165) is 57.3 Å². The van der Waals surface area contributed by atoms with Gasteiger partial charge >= 0.3 is 0 Å². The molecule has 170 valence electrons. The molecule has 2 aliphatic carbocycles. The van der Waals surface area contributed by atoms with E-state index >= 15 is 0 Å². The number of ether oxygens (including phenoxy) is 1. The average Bonchev–Trinajstić information content (AvgIpc) is 2.76. The van der Waals surface area contributed by atoms with Crippen LogP contribution in [0.3, 0.4) is 0 Å². The normalized spacial score (nSPS) is 25.1. The van der Waals surface area contributed by atoms with Crippen molar-refractivity contribution in [2.24, 2.45) is 11.8 Å². The van der Waals surface area contributed by atoms with Gasteiger partial charge in [-0.1, -0.05) is 11.8 Å². The Kier molecular flexibility index (Phi) is 6.90. The molecule has 2 saturated carbocycles. The maximum atomic E-state index is 14.8. The highest BCUT2D eigenvalue weighted by atomic mass is 19.1. The van der Waals surface area contributed by atoms with Crippen molar-refractivity contribution in [1.29, 1.82) is 0 Å². The standard InChI is InChI=1S/C27H28F4O/c1-3-32-22-8-7-18-12-19(5-6-20(18)13-22)21-14-26(30)23(27(31)15-21)9-4-17-10-24(28)16(2)25(29)11-17/h10-11,14-15,18-20,22H,3,5-8,12-13H2,1-2H3. The fraction of sp³-hybridized carbons (Fsp3) is 0.481. The summed E-state index contributed by atoms with van der Waals surface area (Å²) in [6, 6.07) is 4.88. The van der Waals surface area contributed by atoms with Gasteiger partial charge in [-0.3, -0.25) is 0 Å². The summed E-state index contributed by atoms with van der Waals surface area (Å²) in [5.74, 6) is 3.28. The van der Waals surface area contributed by atoms with Crippen molar-refractivity contribution < 1.29 is 22.3 Å². The molecule has 0 bridgehead atoms. The van der Waals surface area contributed by atoms with Gasteiger partial charge in [-0.25, -0.2) is 17.6 Å². The zero-order valence-electron chi connectivity index (χ0n) is 18.5. The summed E-state index contributed by atoms with van der Waals surface area (Å²) in [5, 5.41) is 0. The van der Waals surface area contributed by atoms with Crippen LogP contribution in [0, 0.1) is 53.9 Å². The first-order valence-electron chi connectivity index (χ1n) is 11.4. The average molecular weight is 445 g/mol. The van der Waals surface area contributed by atoms with E-state index in [2.05, 4.69) is 11.8 Å². The number of hydrogen-bond acceptors (Lipinski definition) is 1. The number of halogens is 4. The third-order valence-corrected chi connectivity index (χ3v) is 7.12. The minimum absolute atomic E-state index is 0.0365. The Morgan fingerprint density at radius 2 is 1.44 bits per heavy atom. The molecule has 0 aliphatic heterocycles. The van der Waals surface area contributed by atoms with Gasteiger partial charge in [0.15, 0.2) is 0 Å². The van der Waals surface area contributed by atoms with Crippen LogP contribution in [0.4, 0.5) is 17.6 Å². The van der Waals surface area contributed by atoms with Crippen LogP contribution in [0.15, 0.2) is 24.3 Å². The second-order valence-electron chi connectivity index (χ2n) is 9.09. The maximum Gasteiger partial charge on any atom is 0.142 e. The third-order valence-electron chi connectivity index (χ3n) is 7.12. The van der Waals surface area contributed by atoms with Crippen LogP contribution in [0.2, 0.25) is 0 Å². The predicted octanol–water partition coefficient (Wildman–Crippen LogP) is 7.04. The molecule has 0 N–H and O–H groups in total. The fourth-order valence-corrected chi connectivity index (χ4v) is 5.34. The summed E-state index contributed by atoms with van der Waals surface area (Å²) in [7, 11) is 0. The fourth-order valence-electron chi connectivity index (χ4n) is 5.34. The molecule has 0 spiro atoms. The first-order chi connectivity index (χ1) is 15.4. The first kappa shape index (κ1) is 22.9. The second-order valence-corrected chi connectivity index (χ2v) is 9.09. The Morgan fingerprint density at radius 1 is 0.812 bits per heavy atom. The molecular formula is C27H28F4O. The molecule has 2 aromatic rings. The van der Waals surface area contributed by atoms with E-state index in [1.165, 1.54) is 19.1 Å². The van der Waals surface area contributed by atoms with Crippen molar-refractivity contribution in [3.63, 3.8) is 0 Å². The van der Waals surface area contributed by atoms with Gasteiger partial charge < -0.3 is 4.74 Å². The molecule has 0 amide bonds. The van der Waals surface area contributed by atoms with Crippen LogP contribution < -0.4 is 0 Å². The SMILES string of the molecule is CCOC1CCC2CC(c3cc(F)c(C#Cc4cc(F)c(C)c(F)c4)c(F)c3)CCC2C1. The summed E-state index contributed by atoms with van der Waals surface area (Å²) in [5.41, 5.74) is 0.220. The molecule has 32 heavy (non-hydrogen) atoms. The Hall–Kier alpha value is -2.32. The molecule has 2 aromatic carbocycles. The zero-order valence-corrected chi connectivity index (χ0v) is 18.5. The summed E-state index contributed by atoms with van der Waals surface area (Å²) in [6.07, 6.45) is 6.49. The highest BCUT2D eigenvalue weighted by Gasteiger charge is 2.36. The quantitative estimate of drug-likeness (QED) is 0.364. The van der Waals surface area contributed by atoms with Crippen molar-refractivity contribution in [3.8, 4) is 11.8 Å². The van der Waals surface area contributed by atoms with Crippen LogP contribution in [0.1, 0.15) is 73.6 Å². The lowest BCUT2D eigenvalue weighted by molar-refractivity contribution is -0.00957. The molecule has 5 heteroatoms. The van der Waals surface area contributed by atoms with Gasteiger partial charge in [-0.2, -0.15) is 0 Å². The molecule has 0 aromatic heterocycles. The summed E-state index contributed by atoms with van der Waals surface area (Å²) in [6.45, 7) is 4.09. The van der Waals surface area contributed by atoms with E-state index in [-0.39, 0.29) is 22.6 Å². The molecule has 0 saturated heterocycles. The van der Waals surface area contributed by atoms with Gasteiger partial charge in [0.05, 0.1) is 11.7 Å². The molecular weight excluding hydrogens is 416 g/mol. The first-order valence-corrected chi connectivity index (χ1v) is 11.4. The number of fused-ring (bicyclic) bond motifs is 1. The van der Waals surface area contributed by atoms with Crippen LogP contribution in [-0.2, 0) is 4.74 Å². The smallest absolute Gasteiger partial charge is 0.142 e. The highest BCUT2D eigenvalue weighted by molar-refractivity contribution is 5.46.